The molecule has 0 fully saturated rings. The smallest absolute Gasteiger partial charge is 0.0686 e. The maximum Gasteiger partial charge on any atom is 0.0686 e. The van der Waals surface area contributed by atoms with Crippen LogP contribution < -0.4 is 5.32 Å². The lowest BCUT2D eigenvalue weighted by molar-refractivity contribution is 0.605. The van der Waals surface area contributed by atoms with Gasteiger partial charge in [-0.05, 0) is 48.4 Å². The van der Waals surface area contributed by atoms with Gasteiger partial charge < -0.3 is 5.32 Å². The molecule has 3 heteroatoms. The number of thiophene rings is 1. The molecule has 0 spiro atoms. The molecule has 0 aliphatic heterocycles. The van der Waals surface area contributed by atoms with Crippen LogP contribution in [0, 0.1) is 6.92 Å². The number of rotatable bonds is 7. The predicted molar refractivity (Wildman–Crippen MR) is 94.6 cm³/mol. The molecular weight excluding hydrogens is 298 g/mol. The average molecular weight is 322 g/mol. The Labute approximate surface area is 137 Å². The van der Waals surface area contributed by atoms with Crippen molar-refractivity contribution in [1.29, 1.82) is 0 Å². The molecule has 1 aromatic heterocycles. The Morgan fingerprint density at radius 1 is 1.24 bits per heavy atom. The minimum atomic E-state index is 0.202. The van der Waals surface area contributed by atoms with E-state index in [0.29, 0.717) is 0 Å². The van der Waals surface area contributed by atoms with Crippen LogP contribution in [0.25, 0.3) is 0 Å². The number of nitrogens with one attached hydrogen (secondary N) is 1. The highest BCUT2D eigenvalue weighted by Crippen LogP contribution is 2.36. The van der Waals surface area contributed by atoms with Gasteiger partial charge in [-0.25, -0.2) is 0 Å². The first-order valence-electron chi connectivity index (χ1n) is 7.73. The summed E-state index contributed by atoms with van der Waals surface area (Å²) >= 11 is 8.26. The Morgan fingerprint density at radius 2 is 2.05 bits per heavy atom. The van der Waals surface area contributed by atoms with Gasteiger partial charge >= 0.3 is 0 Å². The maximum absolute atomic E-state index is 6.50. The normalized spacial score (nSPS) is 12.6. The van der Waals surface area contributed by atoms with E-state index in [1.807, 2.05) is 0 Å². The molecule has 2 rings (SSSR count). The van der Waals surface area contributed by atoms with Crippen LogP contribution in [-0.4, -0.2) is 6.54 Å². The quantitative estimate of drug-likeness (QED) is 0.684. The molecular formula is C18H24ClNS. The highest BCUT2D eigenvalue weighted by molar-refractivity contribution is 7.10. The number of benzene rings is 1. The fourth-order valence-corrected chi connectivity index (χ4v) is 3.92. The summed E-state index contributed by atoms with van der Waals surface area (Å²) in [7, 11) is 0. The zero-order valence-corrected chi connectivity index (χ0v) is 14.7. The molecule has 0 radical (unpaired) electrons. The van der Waals surface area contributed by atoms with Gasteiger partial charge in [0.05, 0.1) is 11.1 Å². The van der Waals surface area contributed by atoms with Crippen molar-refractivity contribution in [3.63, 3.8) is 0 Å². The topological polar surface area (TPSA) is 12.0 Å². The van der Waals surface area contributed by atoms with Crippen molar-refractivity contribution >= 4 is 22.9 Å². The van der Waals surface area contributed by atoms with Crippen molar-refractivity contribution in [1.82, 2.24) is 5.32 Å². The van der Waals surface area contributed by atoms with E-state index in [1.165, 1.54) is 28.0 Å². The highest BCUT2D eigenvalue weighted by Gasteiger charge is 2.19. The van der Waals surface area contributed by atoms with E-state index in [9.17, 15) is 0 Å². The molecule has 114 valence electrons. The average Bonchev–Trinajstić information content (AvgIpc) is 2.81. The van der Waals surface area contributed by atoms with Crippen molar-refractivity contribution in [3.05, 3.63) is 56.2 Å². The Hall–Kier alpha value is -0.830. The lowest BCUT2D eigenvalue weighted by Gasteiger charge is -2.19. The second kappa shape index (κ2) is 7.98. The first-order valence-corrected chi connectivity index (χ1v) is 8.98. The van der Waals surface area contributed by atoms with Crippen molar-refractivity contribution in [2.24, 2.45) is 0 Å². The molecule has 1 atom stereocenters. The fraction of sp³-hybridized carbons (Fsp3) is 0.444. The molecule has 0 amide bonds. The largest absolute Gasteiger partial charge is 0.306 e. The summed E-state index contributed by atoms with van der Waals surface area (Å²) in [6.07, 6.45) is 3.42. The van der Waals surface area contributed by atoms with Crippen molar-refractivity contribution in [2.45, 2.75) is 46.1 Å². The van der Waals surface area contributed by atoms with E-state index >= 15 is 0 Å². The van der Waals surface area contributed by atoms with Crippen molar-refractivity contribution in [3.8, 4) is 0 Å². The molecule has 0 aliphatic rings. The summed E-state index contributed by atoms with van der Waals surface area (Å²) in [4.78, 5) is 1.23. The third-order valence-electron chi connectivity index (χ3n) is 3.61. The van der Waals surface area contributed by atoms with Crippen LogP contribution >= 0.6 is 22.9 Å². The predicted octanol–water partition coefficient (Wildman–Crippen LogP) is 5.75. The van der Waals surface area contributed by atoms with E-state index in [2.05, 4.69) is 55.7 Å². The van der Waals surface area contributed by atoms with Gasteiger partial charge in [0, 0.05) is 4.88 Å². The van der Waals surface area contributed by atoms with Crippen LogP contribution in [-0.2, 0) is 6.42 Å². The minimum absolute atomic E-state index is 0.202. The van der Waals surface area contributed by atoms with Crippen molar-refractivity contribution in [2.75, 3.05) is 6.54 Å². The van der Waals surface area contributed by atoms with E-state index < -0.39 is 0 Å². The summed E-state index contributed by atoms with van der Waals surface area (Å²) in [6.45, 7) is 7.49. The third-order valence-corrected chi connectivity index (χ3v) is 5.39. The monoisotopic (exact) mass is 321 g/mol. The Kier molecular flexibility index (Phi) is 6.28. The third kappa shape index (κ3) is 4.09. The molecule has 1 heterocycles. The van der Waals surface area contributed by atoms with E-state index in [4.69, 9.17) is 11.6 Å². The molecule has 0 saturated carbocycles. The molecule has 2 aromatic rings. The number of hydrogen-bond acceptors (Lipinski definition) is 2. The Bertz CT molecular complexity index is 576. The molecule has 0 saturated heterocycles. The van der Waals surface area contributed by atoms with Gasteiger partial charge in [-0.15, -0.1) is 11.3 Å². The van der Waals surface area contributed by atoms with Crippen LogP contribution in [0.5, 0.6) is 0 Å². The number of aryl methyl sites for hydroxylation is 2. The zero-order chi connectivity index (χ0) is 15.2. The molecule has 0 bridgehead atoms. The second-order valence-electron chi connectivity index (χ2n) is 5.48. The Balaban J connectivity index is 2.35. The van der Waals surface area contributed by atoms with E-state index in [1.54, 1.807) is 11.3 Å². The summed E-state index contributed by atoms with van der Waals surface area (Å²) in [5, 5.41) is 6.71. The van der Waals surface area contributed by atoms with Gasteiger partial charge in [-0.1, -0.05) is 56.1 Å². The Morgan fingerprint density at radius 3 is 2.67 bits per heavy atom. The van der Waals surface area contributed by atoms with Gasteiger partial charge in [-0.3, -0.25) is 0 Å². The molecule has 1 nitrogen and oxygen atoms in total. The molecule has 1 unspecified atom stereocenters. The number of hydrogen-bond donors (Lipinski definition) is 1. The fourth-order valence-electron chi connectivity index (χ4n) is 2.51. The first-order chi connectivity index (χ1) is 10.2. The van der Waals surface area contributed by atoms with Gasteiger partial charge in [0.2, 0.25) is 0 Å². The SMILES string of the molecule is CCCNC(c1cccc(CCC)c1)c1scc(C)c1Cl. The summed E-state index contributed by atoms with van der Waals surface area (Å²) in [5.74, 6) is 0. The maximum atomic E-state index is 6.50. The summed E-state index contributed by atoms with van der Waals surface area (Å²) in [6, 6.07) is 9.11. The van der Waals surface area contributed by atoms with Crippen LogP contribution in [0.3, 0.4) is 0 Å². The van der Waals surface area contributed by atoms with E-state index in [-0.39, 0.29) is 6.04 Å². The lowest BCUT2D eigenvalue weighted by Crippen LogP contribution is -2.22. The van der Waals surface area contributed by atoms with Crippen LogP contribution in [0.1, 0.15) is 54.3 Å². The summed E-state index contributed by atoms with van der Waals surface area (Å²) in [5.41, 5.74) is 3.89. The summed E-state index contributed by atoms with van der Waals surface area (Å²) < 4.78 is 0. The van der Waals surface area contributed by atoms with Gasteiger partial charge in [-0.2, -0.15) is 0 Å². The number of halogens is 1. The zero-order valence-electron chi connectivity index (χ0n) is 13.1. The van der Waals surface area contributed by atoms with Gasteiger partial charge in [0.25, 0.3) is 0 Å². The van der Waals surface area contributed by atoms with Crippen molar-refractivity contribution < 1.29 is 0 Å². The van der Waals surface area contributed by atoms with Crippen LogP contribution in [0.2, 0.25) is 5.02 Å². The highest BCUT2D eigenvalue weighted by atomic mass is 35.5. The second-order valence-corrected chi connectivity index (χ2v) is 6.77. The molecule has 21 heavy (non-hydrogen) atoms. The van der Waals surface area contributed by atoms with Crippen LogP contribution in [0.15, 0.2) is 29.6 Å². The van der Waals surface area contributed by atoms with Crippen LogP contribution in [0.4, 0.5) is 0 Å². The standard InChI is InChI=1S/C18H24ClNS/c1-4-7-14-8-6-9-15(11-14)17(20-10-5-2)18-16(19)13(3)12-21-18/h6,8-9,11-12,17,20H,4-5,7,10H2,1-3H3. The van der Waals surface area contributed by atoms with Gasteiger partial charge in [0.1, 0.15) is 0 Å². The van der Waals surface area contributed by atoms with E-state index in [0.717, 1.165) is 24.4 Å². The molecule has 0 aliphatic carbocycles. The molecule has 1 N–H and O–H groups in total. The first kappa shape index (κ1) is 16.5. The molecule has 1 aromatic carbocycles. The van der Waals surface area contributed by atoms with Gasteiger partial charge in [0.15, 0.2) is 0 Å². The minimum Gasteiger partial charge on any atom is -0.306 e. The lowest BCUT2D eigenvalue weighted by atomic mass is 10.00.